The third-order valence-electron chi connectivity index (χ3n) is 5.49. The van der Waals surface area contributed by atoms with Crippen molar-refractivity contribution in [1.29, 1.82) is 0 Å². The second-order valence-electron chi connectivity index (χ2n) is 7.46. The van der Waals surface area contributed by atoms with Crippen molar-refractivity contribution in [2.45, 2.75) is 6.42 Å². The van der Waals surface area contributed by atoms with Crippen LogP contribution < -0.4 is 0 Å². The summed E-state index contributed by atoms with van der Waals surface area (Å²) in [5, 5.41) is 0.776. The molecule has 2 saturated heterocycles. The fourth-order valence-corrected chi connectivity index (χ4v) is 3.64. The Bertz CT molecular complexity index is 582. The van der Waals surface area contributed by atoms with E-state index in [0.717, 1.165) is 76.9 Å². The molecule has 0 aliphatic carbocycles. The highest BCUT2D eigenvalue weighted by atomic mass is 35.5. The maximum atomic E-state index is 12.3. The van der Waals surface area contributed by atoms with E-state index in [-0.39, 0.29) is 6.09 Å². The Morgan fingerprint density at radius 3 is 2.19 bits per heavy atom. The SMILES string of the molecule is CN1CCN(CCOC(=O)N2CCN(CCc3ccc(Cl)cc3)CC2)CC1. The number of ether oxygens (including phenoxy) is 1. The van der Waals surface area contributed by atoms with E-state index < -0.39 is 0 Å². The van der Waals surface area contributed by atoms with E-state index in [4.69, 9.17) is 16.3 Å². The number of nitrogens with zero attached hydrogens (tertiary/aromatic N) is 4. The molecule has 2 aliphatic rings. The van der Waals surface area contributed by atoms with Crippen LogP contribution in [-0.2, 0) is 11.2 Å². The van der Waals surface area contributed by atoms with E-state index in [1.54, 1.807) is 0 Å². The smallest absolute Gasteiger partial charge is 0.409 e. The summed E-state index contributed by atoms with van der Waals surface area (Å²) in [6, 6.07) is 8.03. The van der Waals surface area contributed by atoms with Crippen molar-refractivity contribution in [1.82, 2.24) is 19.6 Å². The van der Waals surface area contributed by atoms with Crippen molar-refractivity contribution in [2.24, 2.45) is 0 Å². The molecule has 1 amide bonds. The van der Waals surface area contributed by atoms with Gasteiger partial charge < -0.3 is 14.5 Å². The molecule has 150 valence electrons. The number of halogens is 1. The van der Waals surface area contributed by atoms with Gasteiger partial charge in [-0.3, -0.25) is 9.80 Å². The van der Waals surface area contributed by atoms with Gasteiger partial charge in [-0.25, -0.2) is 4.79 Å². The summed E-state index contributed by atoms with van der Waals surface area (Å²) in [6.45, 7) is 9.91. The van der Waals surface area contributed by atoms with E-state index in [1.165, 1.54) is 5.56 Å². The van der Waals surface area contributed by atoms with Crippen LogP contribution in [0.2, 0.25) is 5.02 Å². The summed E-state index contributed by atoms with van der Waals surface area (Å²) in [4.78, 5) is 21.2. The van der Waals surface area contributed by atoms with E-state index in [2.05, 4.69) is 33.9 Å². The van der Waals surface area contributed by atoms with Crippen LogP contribution in [0.4, 0.5) is 4.79 Å². The van der Waals surface area contributed by atoms with Gasteiger partial charge in [0.2, 0.25) is 0 Å². The van der Waals surface area contributed by atoms with Gasteiger partial charge in [0.05, 0.1) is 0 Å². The zero-order valence-electron chi connectivity index (χ0n) is 16.3. The number of hydrogen-bond donors (Lipinski definition) is 0. The molecule has 6 nitrogen and oxygen atoms in total. The first-order valence-corrected chi connectivity index (χ1v) is 10.3. The van der Waals surface area contributed by atoms with Gasteiger partial charge in [-0.1, -0.05) is 23.7 Å². The van der Waals surface area contributed by atoms with Crippen LogP contribution in [0.3, 0.4) is 0 Å². The van der Waals surface area contributed by atoms with Gasteiger partial charge in [0.25, 0.3) is 0 Å². The van der Waals surface area contributed by atoms with Crippen LogP contribution >= 0.6 is 11.6 Å². The largest absolute Gasteiger partial charge is 0.448 e. The van der Waals surface area contributed by atoms with Gasteiger partial charge >= 0.3 is 6.09 Å². The summed E-state index contributed by atoms with van der Waals surface area (Å²) in [6.07, 6.45) is 0.841. The molecule has 2 aliphatic heterocycles. The maximum absolute atomic E-state index is 12.3. The average molecular weight is 395 g/mol. The van der Waals surface area contributed by atoms with Gasteiger partial charge in [-0.15, -0.1) is 0 Å². The lowest BCUT2D eigenvalue weighted by molar-refractivity contribution is 0.0627. The Balaban J connectivity index is 1.29. The van der Waals surface area contributed by atoms with Crippen molar-refractivity contribution >= 4 is 17.7 Å². The topological polar surface area (TPSA) is 39.3 Å². The minimum atomic E-state index is -0.165. The molecule has 1 aromatic rings. The second kappa shape index (κ2) is 10.3. The molecule has 0 radical (unpaired) electrons. The number of amides is 1. The van der Waals surface area contributed by atoms with E-state index in [1.807, 2.05) is 17.0 Å². The summed E-state index contributed by atoms with van der Waals surface area (Å²) < 4.78 is 5.49. The van der Waals surface area contributed by atoms with Crippen molar-refractivity contribution in [3.63, 3.8) is 0 Å². The number of rotatable bonds is 6. The van der Waals surface area contributed by atoms with Crippen molar-refractivity contribution < 1.29 is 9.53 Å². The lowest BCUT2D eigenvalue weighted by Gasteiger charge is -2.34. The Kier molecular flexibility index (Phi) is 7.76. The Morgan fingerprint density at radius 1 is 0.926 bits per heavy atom. The average Bonchev–Trinajstić information content (AvgIpc) is 2.69. The maximum Gasteiger partial charge on any atom is 0.409 e. The molecule has 0 bridgehead atoms. The van der Waals surface area contributed by atoms with Crippen molar-refractivity contribution in [3.8, 4) is 0 Å². The molecule has 0 unspecified atom stereocenters. The highest BCUT2D eigenvalue weighted by Gasteiger charge is 2.22. The number of hydrogen-bond acceptors (Lipinski definition) is 5. The fourth-order valence-electron chi connectivity index (χ4n) is 3.52. The molecule has 0 N–H and O–H groups in total. The van der Waals surface area contributed by atoms with Crippen molar-refractivity contribution in [2.75, 3.05) is 79.1 Å². The molecular weight excluding hydrogens is 364 g/mol. The lowest BCUT2D eigenvalue weighted by Crippen LogP contribution is -2.50. The van der Waals surface area contributed by atoms with Crippen LogP contribution in [0.1, 0.15) is 5.56 Å². The number of piperazine rings is 2. The van der Waals surface area contributed by atoms with Gasteiger partial charge in [-0.05, 0) is 31.2 Å². The van der Waals surface area contributed by atoms with Gasteiger partial charge in [0, 0.05) is 70.5 Å². The van der Waals surface area contributed by atoms with Gasteiger partial charge in [-0.2, -0.15) is 0 Å². The molecule has 0 saturated carbocycles. The fraction of sp³-hybridized carbons (Fsp3) is 0.650. The molecule has 0 spiro atoms. The number of benzene rings is 1. The number of carbonyl (C=O) groups is 1. The highest BCUT2D eigenvalue weighted by molar-refractivity contribution is 6.30. The Morgan fingerprint density at radius 2 is 1.52 bits per heavy atom. The van der Waals surface area contributed by atoms with E-state index in [9.17, 15) is 4.79 Å². The predicted octanol–water partition coefficient (Wildman–Crippen LogP) is 1.88. The van der Waals surface area contributed by atoms with Crippen LogP contribution in [0.15, 0.2) is 24.3 Å². The number of carbonyl (C=O) groups excluding carboxylic acids is 1. The minimum absolute atomic E-state index is 0.165. The predicted molar refractivity (Wildman–Crippen MR) is 108 cm³/mol. The van der Waals surface area contributed by atoms with E-state index in [0.29, 0.717) is 6.61 Å². The van der Waals surface area contributed by atoms with Gasteiger partial charge in [0.1, 0.15) is 6.61 Å². The summed E-state index contributed by atoms with van der Waals surface area (Å²) in [5.74, 6) is 0. The minimum Gasteiger partial charge on any atom is -0.448 e. The van der Waals surface area contributed by atoms with Gasteiger partial charge in [0.15, 0.2) is 0 Å². The molecule has 2 fully saturated rings. The molecule has 0 atom stereocenters. The molecule has 7 heteroatoms. The normalized spacial score (nSPS) is 20.0. The van der Waals surface area contributed by atoms with Crippen molar-refractivity contribution in [3.05, 3.63) is 34.9 Å². The molecule has 1 aromatic carbocycles. The second-order valence-corrected chi connectivity index (χ2v) is 7.90. The molecular formula is C20H31ClN4O2. The summed E-state index contributed by atoms with van der Waals surface area (Å²) in [7, 11) is 2.15. The van der Waals surface area contributed by atoms with Crippen LogP contribution in [0.25, 0.3) is 0 Å². The van der Waals surface area contributed by atoms with Crippen LogP contribution in [0.5, 0.6) is 0 Å². The lowest BCUT2D eigenvalue weighted by atomic mass is 10.1. The quantitative estimate of drug-likeness (QED) is 0.736. The molecule has 27 heavy (non-hydrogen) atoms. The first kappa shape index (κ1) is 20.4. The molecule has 0 aromatic heterocycles. The Hall–Kier alpha value is -1.34. The van der Waals surface area contributed by atoms with Crippen LogP contribution in [-0.4, -0.2) is 105 Å². The first-order valence-electron chi connectivity index (χ1n) is 9.89. The van der Waals surface area contributed by atoms with Crippen LogP contribution in [0, 0.1) is 0 Å². The van der Waals surface area contributed by atoms with E-state index >= 15 is 0 Å². The Labute approximate surface area is 167 Å². The monoisotopic (exact) mass is 394 g/mol. The first-order chi connectivity index (χ1) is 13.1. The number of likely N-dealkylation sites (N-methyl/N-ethyl adjacent to an activating group) is 1. The standard InChI is InChI=1S/C20H31ClN4O2/c1-22-8-10-24(11-9-22)16-17-27-20(26)25-14-12-23(13-15-25)7-6-18-2-4-19(21)5-3-18/h2-5H,6-17H2,1H3. The third kappa shape index (κ3) is 6.64. The third-order valence-corrected chi connectivity index (χ3v) is 5.74. The zero-order valence-corrected chi connectivity index (χ0v) is 17.0. The molecule has 3 rings (SSSR count). The zero-order chi connectivity index (χ0) is 19.1. The highest BCUT2D eigenvalue weighted by Crippen LogP contribution is 2.11. The summed E-state index contributed by atoms with van der Waals surface area (Å²) >= 11 is 5.93. The molecule has 2 heterocycles. The summed E-state index contributed by atoms with van der Waals surface area (Å²) in [5.41, 5.74) is 1.30.